The molecule has 0 amide bonds. The number of nitrogens with zero attached hydrogens (tertiary/aromatic N) is 2. The molecule has 0 unspecified atom stereocenters. The van der Waals surface area contributed by atoms with Crippen LogP contribution in [0.25, 0.3) is 0 Å². The quantitative estimate of drug-likeness (QED) is 0.641. The number of nitro groups is 1. The highest BCUT2D eigenvalue weighted by Crippen LogP contribution is 2.30. The van der Waals surface area contributed by atoms with Gasteiger partial charge in [-0.15, -0.1) is 0 Å². The van der Waals surface area contributed by atoms with Gasteiger partial charge in [0, 0.05) is 18.2 Å². The first-order valence-electron chi connectivity index (χ1n) is 7.84. The van der Waals surface area contributed by atoms with Crippen LogP contribution in [-0.4, -0.2) is 11.0 Å². The van der Waals surface area contributed by atoms with E-state index < -0.39 is 4.92 Å². The zero-order valence-electron chi connectivity index (χ0n) is 13.1. The van der Waals surface area contributed by atoms with Crippen LogP contribution in [0.5, 0.6) is 5.75 Å². The predicted molar refractivity (Wildman–Crippen MR) is 89.8 cm³/mol. The summed E-state index contributed by atoms with van der Waals surface area (Å²) in [4.78, 5) is 10.7. The molecule has 2 aromatic rings. The SMILES string of the molecule is N#Cc1ccc(NCc2ccccc2OC2CCC2)c([N+](=O)[O-])c1. The Morgan fingerprint density at radius 3 is 2.75 bits per heavy atom. The van der Waals surface area contributed by atoms with Gasteiger partial charge in [0.1, 0.15) is 11.4 Å². The number of nitro benzene ring substituents is 1. The number of anilines is 1. The molecule has 0 atom stereocenters. The first-order chi connectivity index (χ1) is 11.7. The second kappa shape index (κ2) is 7.01. The van der Waals surface area contributed by atoms with Gasteiger partial charge < -0.3 is 10.1 Å². The van der Waals surface area contributed by atoms with Crippen molar-refractivity contribution in [3.05, 3.63) is 63.7 Å². The van der Waals surface area contributed by atoms with Crippen molar-refractivity contribution in [1.29, 1.82) is 5.26 Å². The molecule has 6 nitrogen and oxygen atoms in total. The fraction of sp³-hybridized carbons (Fsp3) is 0.278. The number of hydrogen-bond acceptors (Lipinski definition) is 5. The van der Waals surface area contributed by atoms with Gasteiger partial charge in [0.05, 0.1) is 22.7 Å². The summed E-state index contributed by atoms with van der Waals surface area (Å²) in [6.45, 7) is 0.412. The van der Waals surface area contributed by atoms with E-state index in [1.54, 1.807) is 12.1 Å². The van der Waals surface area contributed by atoms with Crippen molar-refractivity contribution in [3.8, 4) is 11.8 Å². The van der Waals surface area contributed by atoms with E-state index >= 15 is 0 Å². The lowest BCUT2D eigenvalue weighted by atomic mass is 9.96. The van der Waals surface area contributed by atoms with Gasteiger partial charge >= 0.3 is 0 Å². The zero-order valence-corrected chi connectivity index (χ0v) is 13.1. The summed E-state index contributed by atoms with van der Waals surface area (Å²) >= 11 is 0. The average Bonchev–Trinajstić information content (AvgIpc) is 2.56. The third kappa shape index (κ3) is 3.46. The summed E-state index contributed by atoms with van der Waals surface area (Å²) < 4.78 is 5.97. The van der Waals surface area contributed by atoms with E-state index in [0.717, 1.165) is 24.2 Å². The van der Waals surface area contributed by atoms with Crippen LogP contribution >= 0.6 is 0 Å². The highest BCUT2D eigenvalue weighted by Gasteiger charge is 2.20. The Morgan fingerprint density at radius 2 is 2.08 bits per heavy atom. The molecule has 0 saturated heterocycles. The van der Waals surface area contributed by atoms with E-state index in [1.807, 2.05) is 30.3 Å². The fourth-order valence-electron chi connectivity index (χ4n) is 2.53. The molecule has 1 aliphatic rings. The molecule has 0 spiro atoms. The van der Waals surface area contributed by atoms with Gasteiger partial charge in [-0.3, -0.25) is 10.1 Å². The van der Waals surface area contributed by atoms with Crippen molar-refractivity contribution >= 4 is 11.4 Å². The molecule has 0 bridgehead atoms. The van der Waals surface area contributed by atoms with Crippen LogP contribution < -0.4 is 10.1 Å². The second-order valence-electron chi connectivity index (χ2n) is 5.73. The molecule has 1 N–H and O–H groups in total. The molecule has 6 heteroatoms. The highest BCUT2D eigenvalue weighted by molar-refractivity contribution is 5.64. The van der Waals surface area contributed by atoms with E-state index in [1.165, 1.54) is 12.5 Å². The topological polar surface area (TPSA) is 88.2 Å². The van der Waals surface area contributed by atoms with Crippen LogP contribution in [-0.2, 0) is 6.54 Å². The van der Waals surface area contributed by atoms with Crippen LogP contribution in [0.1, 0.15) is 30.4 Å². The van der Waals surface area contributed by atoms with Crippen molar-refractivity contribution in [2.75, 3.05) is 5.32 Å². The number of para-hydroxylation sites is 1. The zero-order chi connectivity index (χ0) is 16.9. The molecule has 3 rings (SSSR count). The predicted octanol–water partition coefficient (Wildman–Crippen LogP) is 4.01. The Balaban J connectivity index is 1.76. The Bertz CT molecular complexity index is 794. The van der Waals surface area contributed by atoms with Crippen LogP contribution in [0, 0.1) is 21.4 Å². The minimum absolute atomic E-state index is 0.105. The summed E-state index contributed by atoms with van der Waals surface area (Å²) in [6, 6.07) is 14.0. The maximum absolute atomic E-state index is 11.2. The molecule has 122 valence electrons. The van der Waals surface area contributed by atoms with Crippen molar-refractivity contribution in [1.82, 2.24) is 0 Å². The Kier molecular flexibility index (Phi) is 4.62. The van der Waals surface area contributed by atoms with E-state index in [4.69, 9.17) is 10.00 Å². The number of rotatable bonds is 6. The Labute approximate surface area is 139 Å². The van der Waals surface area contributed by atoms with Gasteiger partial charge in [0.25, 0.3) is 5.69 Å². The van der Waals surface area contributed by atoms with E-state index in [-0.39, 0.29) is 17.4 Å². The highest BCUT2D eigenvalue weighted by atomic mass is 16.6. The van der Waals surface area contributed by atoms with Crippen LogP contribution in [0.3, 0.4) is 0 Å². The summed E-state index contributed by atoms with van der Waals surface area (Å²) in [5.41, 5.74) is 1.49. The minimum atomic E-state index is -0.486. The van der Waals surface area contributed by atoms with E-state index in [9.17, 15) is 10.1 Å². The molecular weight excluding hydrogens is 306 g/mol. The number of nitriles is 1. The van der Waals surface area contributed by atoms with E-state index in [2.05, 4.69) is 5.32 Å². The lowest BCUT2D eigenvalue weighted by Crippen LogP contribution is -2.25. The molecule has 0 aromatic heterocycles. The van der Waals surface area contributed by atoms with Gasteiger partial charge in [-0.2, -0.15) is 5.26 Å². The number of ether oxygens (including phenoxy) is 1. The van der Waals surface area contributed by atoms with Gasteiger partial charge in [0.15, 0.2) is 0 Å². The third-order valence-corrected chi connectivity index (χ3v) is 4.11. The second-order valence-corrected chi connectivity index (χ2v) is 5.73. The monoisotopic (exact) mass is 323 g/mol. The van der Waals surface area contributed by atoms with Crippen LogP contribution in [0.4, 0.5) is 11.4 Å². The average molecular weight is 323 g/mol. The van der Waals surface area contributed by atoms with Gasteiger partial charge in [-0.25, -0.2) is 0 Å². The van der Waals surface area contributed by atoms with Crippen molar-refractivity contribution in [2.45, 2.75) is 31.9 Å². The van der Waals surface area contributed by atoms with Crippen LogP contribution in [0.15, 0.2) is 42.5 Å². The maximum Gasteiger partial charge on any atom is 0.293 e. The van der Waals surface area contributed by atoms with Crippen molar-refractivity contribution in [3.63, 3.8) is 0 Å². The molecule has 1 saturated carbocycles. The van der Waals surface area contributed by atoms with E-state index in [0.29, 0.717) is 12.2 Å². The molecule has 1 fully saturated rings. The van der Waals surface area contributed by atoms with Gasteiger partial charge in [-0.1, -0.05) is 18.2 Å². The minimum Gasteiger partial charge on any atom is -0.490 e. The lowest BCUT2D eigenvalue weighted by molar-refractivity contribution is -0.384. The first kappa shape index (κ1) is 15.8. The summed E-state index contributed by atoms with van der Waals surface area (Å²) in [7, 11) is 0. The number of hydrogen-bond donors (Lipinski definition) is 1. The number of nitrogens with one attached hydrogen (secondary N) is 1. The Hall–Kier alpha value is -3.07. The summed E-state index contributed by atoms with van der Waals surface area (Å²) in [5.74, 6) is 0.811. The van der Waals surface area contributed by atoms with Crippen LogP contribution in [0.2, 0.25) is 0 Å². The standard InChI is InChI=1S/C18H17N3O3/c19-11-13-8-9-16(17(10-13)21(22)23)20-12-14-4-1-2-7-18(14)24-15-5-3-6-15/h1-2,4,7-10,15,20H,3,5-6,12H2. The third-order valence-electron chi connectivity index (χ3n) is 4.11. The molecule has 0 radical (unpaired) electrons. The molecule has 2 aromatic carbocycles. The molecule has 0 heterocycles. The van der Waals surface area contributed by atoms with Crippen molar-refractivity contribution < 1.29 is 9.66 Å². The Morgan fingerprint density at radius 1 is 1.29 bits per heavy atom. The number of benzene rings is 2. The fourth-order valence-corrected chi connectivity index (χ4v) is 2.53. The van der Waals surface area contributed by atoms with Gasteiger partial charge in [-0.05, 0) is 37.5 Å². The molecule has 0 aliphatic heterocycles. The first-order valence-corrected chi connectivity index (χ1v) is 7.84. The molecule has 24 heavy (non-hydrogen) atoms. The lowest BCUT2D eigenvalue weighted by Gasteiger charge is -2.27. The molecular formula is C18H17N3O3. The summed E-state index contributed by atoms with van der Waals surface area (Å²) in [5, 5.41) is 23.2. The summed E-state index contributed by atoms with van der Waals surface area (Å²) in [6.07, 6.45) is 3.62. The molecule has 1 aliphatic carbocycles. The maximum atomic E-state index is 11.2. The normalized spacial score (nSPS) is 13.6. The van der Waals surface area contributed by atoms with Gasteiger partial charge in [0.2, 0.25) is 0 Å². The largest absolute Gasteiger partial charge is 0.490 e. The smallest absolute Gasteiger partial charge is 0.293 e. The van der Waals surface area contributed by atoms with Crippen molar-refractivity contribution in [2.24, 2.45) is 0 Å².